The van der Waals surface area contributed by atoms with Gasteiger partial charge in [-0.1, -0.05) is 24.2 Å². The number of aryl methyl sites for hydroxylation is 1. The zero-order valence-electron chi connectivity index (χ0n) is 10.4. The third-order valence-electron chi connectivity index (χ3n) is 2.74. The molecule has 0 aliphatic carbocycles. The molecule has 0 fully saturated rings. The lowest BCUT2D eigenvalue weighted by atomic mass is 10.1. The fourth-order valence-corrected chi connectivity index (χ4v) is 1.54. The number of nitrogens with two attached hydrogens (primary N) is 1. The lowest BCUT2D eigenvalue weighted by Gasteiger charge is -2.19. The van der Waals surface area contributed by atoms with E-state index >= 15 is 0 Å². The van der Waals surface area contributed by atoms with Gasteiger partial charge in [0.15, 0.2) is 5.84 Å². The fourth-order valence-electron chi connectivity index (χ4n) is 1.54. The Morgan fingerprint density at radius 3 is 2.37 bits per heavy atom. The van der Waals surface area contributed by atoms with Gasteiger partial charge in [0.1, 0.15) is 5.92 Å². The number of benzene rings is 1. The van der Waals surface area contributed by atoms with Gasteiger partial charge in [0.25, 0.3) is 0 Å². The second-order valence-corrected chi connectivity index (χ2v) is 4.05. The Morgan fingerprint density at radius 1 is 1.37 bits per heavy atom. The van der Waals surface area contributed by atoms with E-state index in [1.807, 2.05) is 19.1 Å². The molecule has 106 valence electrons. The van der Waals surface area contributed by atoms with Crippen molar-refractivity contribution in [2.24, 2.45) is 16.8 Å². The van der Waals surface area contributed by atoms with Crippen molar-refractivity contribution in [2.45, 2.75) is 19.5 Å². The van der Waals surface area contributed by atoms with Crippen LogP contribution in [0.15, 0.2) is 29.4 Å². The summed E-state index contributed by atoms with van der Waals surface area (Å²) >= 11 is 0. The summed E-state index contributed by atoms with van der Waals surface area (Å²) in [5.41, 5.74) is 6.70. The van der Waals surface area contributed by atoms with Crippen molar-refractivity contribution >= 4 is 11.5 Å². The summed E-state index contributed by atoms with van der Waals surface area (Å²) in [6.07, 6.45) is -3.71. The Hall–Kier alpha value is -1.92. The minimum atomic E-state index is -4.56. The summed E-state index contributed by atoms with van der Waals surface area (Å²) < 4.78 is 38.0. The number of anilines is 1. The number of amidine groups is 1. The number of nitrogens with one attached hydrogen (secondary N) is 1. The van der Waals surface area contributed by atoms with Crippen LogP contribution < -0.4 is 11.1 Å². The van der Waals surface area contributed by atoms with Crippen LogP contribution in [-0.4, -0.2) is 23.8 Å². The number of alkyl halides is 3. The van der Waals surface area contributed by atoms with Gasteiger partial charge in [-0.25, -0.2) is 0 Å². The third kappa shape index (κ3) is 4.35. The highest BCUT2D eigenvalue weighted by Crippen LogP contribution is 2.26. The number of hydrogen-bond acceptors (Lipinski definition) is 3. The van der Waals surface area contributed by atoms with Gasteiger partial charge in [-0.2, -0.15) is 13.2 Å². The van der Waals surface area contributed by atoms with E-state index in [-0.39, 0.29) is 0 Å². The van der Waals surface area contributed by atoms with Crippen LogP contribution in [0, 0.1) is 5.92 Å². The molecule has 0 saturated heterocycles. The number of oxime groups is 1. The minimum absolute atomic E-state index is 0.481. The van der Waals surface area contributed by atoms with Gasteiger partial charge >= 0.3 is 6.18 Å². The number of rotatable bonds is 5. The molecule has 0 bridgehead atoms. The first-order valence-corrected chi connectivity index (χ1v) is 5.75. The SMILES string of the molecule is CCc1ccc(NCC(/C(N)=N/O)C(F)(F)F)cc1. The second-order valence-electron chi connectivity index (χ2n) is 4.05. The Morgan fingerprint density at radius 2 is 1.95 bits per heavy atom. The fraction of sp³-hybridized carbons (Fsp3) is 0.417. The van der Waals surface area contributed by atoms with Crippen molar-refractivity contribution in [3.05, 3.63) is 29.8 Å². The predicted molar refractivity (Wildman–Crippen MR) is 67.3 cm³/mol. The van der Waals surface area contributed by atoms with Gasteiger partial charge in [-0.15, -0.1) is 0 Å². The Labute approximate surface area is 109 Å². The molecule has 1 aromatic rings. The summed E-state index contributed by atoms with van der Waals surface area (Å²) in [6.45, 7) is 1.51. The molecule has 4 nitrogen and oxygen atoms in total. The molecule has 0 heterocycles. The summed E-state index contributed by atoms with van der Waals surface area (Å²) in [5.74, 6) is -2.88. The number of nitrogens with zero attached hydrogens (tertiary/aromatic N) is 1. The van der Waals surface area contributed by atoms with E-state index in [9.17, 15) is 13.2 Å². The molecule has 7 heteroatoms. The molecule has 0 spiro atoms. The average molecular weight is 275 g/mol. The molecule has 1 unspecified atom stereocenters. The van der Waals surface area contributed by atoms with Crippen LogP contribution in [0.1, 0.15) is 12.5 Å². The molecule has 1 aromatic carbocycles. The van der Waals surface area contributed by atoms with E-state index in [4.69, 9.17) is 10.9 Å². The van der Waals surface area contributed by atoms with E-state index in [0.29, 0.717) is 5.69 Å². The molecule has 1 atom stereocenters. The third-order valence-corrected chi connectivity index (χ3v) is 2.74. The van der Waals surface area contributed by atoms with Gasteiger partial charge in [0.2, 0.25) is 0 Å². The molecule has 0 saturated carbocycles. The molecule has 1 rings (SSSR count). The normalized spacial score (nSPS) is 14.2. The number of halogens is 3. The monoisotopic (exact) mass is 275 g/mol. The maximum Gasteiger partial charge on any atom is 0.400 e. The van der Waals surface area contributed by atoms with E-state index in [1.54, 1.807) is 12.1 Å². The van der Waals surface area contributed by atoms with E-state index in [2.05, 4.69) is 10.5 Å². The summed E-state index contributed by atoms with van der Waals surface area (Å²) in [4.78, 5) is 0. The Bertz CT molecular complexity index is 429. The molecular formula is C12H16F3N3O. The largest absolute Gasteiger partial charge is 0.409 e. The molecule has 4 N–H and O–H groups in total. The highest BCUT2D eigenvalue weighted by molar-refractivity contribution is 5.83. The van der Waals surface area contributed by atoms with Crippen LogP contribution in [0.2, 0.25) is 0 Å². The first kappa shape index (κ1) is 15.1. The van der Waals surface area contributed by atoms with Crippen LogP contribution in [0.4, 0.5) is 18.9 Å². The number of hydrogen-bond donors (Lipinski definition) is 3. The van der Waals surface area contributed by atoms with Gasteiger partial charge in [-0.3, -0.25) is 0 Å². The smallest absolute Gasteiger partial charge is 0.400 e. The average Bonchev–Trinajstić information content (AvgIpc) is 2.37. The molecule has 0 aromatic heterocycles. The predicted octanol–water partition coefficient (Wildman–Crippen LogP) is 2.59. The maximum absolute atomic E-state index is 12.7. The van der Waals surface area contributed by atoms with Gasteiger partial charge in [-0.05, 0) is 24.1 Å². The van der Waals surface area contributed by atoms with E-state index in [0.717, 1.165) is 12.0 Å². The Kier molecular flexibility index (Phi) is 5.02. The van der Waals surface area contributed by atoms with Crippen LogP contribution in [0.5, 0.6) is 0 Å². The highest BCUT2D eigenvalue weighted by Gasteiger charge is 2.42. The lowest BCUT2D eigenvalue weighted by molar-refractivity contribution is -0.152. The van der Waals surface area contributed by atoms with Crippen molar-refractivity contribution in [3.8, 4) is 0 Å². The van der Waals surface area contributed by atoms with Crippen molar-refractivity contribution < 1.29 is 18.4 Å². The standard InChI is InChI=1S/C12H16F3N3O/c1-2-8-3-5-9(6-4-8)17-7-10(11(16)18-19)12(13,14)15/h3-6,10,17,19H,2,7H2,1H3,(H2,16,18). The highest BCUT2D eigenvalue weighted by atomic mass is 19.4. The molecule has 0 aliphatic rings. The quantitative estimate of drug-likeness (QED) is 0.335. The van der Waals surface area contributed by atoms with Gasteiger partial charge < -0.3 is 16.3 Å². The first-order chi connectivity index (χ1) is 8.88. The Balaban J connectivity index is 2.71. The van der Waals surface area contributed by atoms with Crippen LogP contribution in [0.3, 0.4) is 0 Å². The summed E-state index contributed by atoms with van der Waals surface area (Å²) in [7, 11) is 0. The summed E-state index contributed by atoms with van der Waals surface area (Å²) in [5, 5.41) is 13.4. The summed E-state index contributed by atoms with van der Waals surface area (Å²) in [6, 6.07) is 7.04. The van der Waals surface area contributed by atoms with Gasteiger partial charge in [0, 0.05) is 12.2 Å². The maximum atomic E-state index is 12.7. The lowest BCUT2D eigenvalue weighted by Crippen LogP contribution is -2.40. The van der Waals surface area contributed by atoms with E-state index < -0.39 is 24.5 Å². The van der Waals surface area contributed by atoms with Crippen molar-refractivity contribution in [3.63, 3.8) is 0 Å². The van der Waals surface area contributed by atoms with Crippen molar-refractivity contribution in [1.82, 2.24) is 0 Å². The molecule has 0 amide bonds. The minimum Gasteiger partial charge on any atom is -0.409 e. The topological polar surface area (TPSA) is 70.6 Å². The van der Waals surface area contributed by atoms with Crippen LogP contribution in [-0.2, 0) is 6.42 Å². The zero-order chi connectivity index (χ0) is 14.5. The van der Waals surface area contributed by atoms with Crippen LogP contribution >= 0.6 is 0 Å². The van der Waals surface area contributed by atoms with E-state index in [1.165, 1.54) is 0 Å². The molecule has 0 aliphatic heterocycles. The molecule has 19 heavy (non-hydrogen) atoms. The van der Waals surface area contributed by atoms with Gasteiger partial charge in [0.05, 0.1) is 0 Å². The zero-order valence-corrected chi connectivity index (χ0v) is 10.4. The van der Waals surface area contributed by atoms with Crippen molar-refractivity contribution in [2.75, 3.05) is 11.9 Å². The first-order valence-electron chi connectivity index (χ1n) is 5.75. The second kappa shape index (κ2) is 6.31. The van der Waals surface area contributed by atoms with Crippen LogP contribution in [0.25, 0.3) is 0 Å². The molecule has 0 radical (unpaired) electrons. The van der Waals surface area contributed by atoms with Crippen molar-refractivity contribution in [1.29, 1.82) is 0 Å². The molecular weight excluding hydrogens is 259 g/mol.